The van der Waals surface area contributed by atoms with Crippen molar-refractivity contribution in [1.29, 1.82) is 0 Å². The minimum absolute atomic E-state index is 0.622. The Morgan fingerprint density at radius 3 is 2.15 bits per heavy atom. The summed E-state index contributed by atoms with van der Waals surface area (Å²) in [7, 11) is 0. The molecule has 0 atom stereocenters. The van der Waals surface area contributed by atoms with E-state index in [1.807, 2.05) is 0 Å². The van der Waals surface area contributed by atoms with E-state index < -0.39 is 13.3 Å². The van der Waals surface area contributed by atoms with Crippen LogP contribution in [-0.4, -0.2) is 18.3 Å². The summed E-state index contributed by atoms with van der Waals surface area (Å²) in [4.78, 5) is 4.78. The Bertz CT molecular complexity index is 859. The van der Waals surface area contributed by atoms with E-state index in [9.17, 15) is 0 Å². The number of pyridine rings is 1. The summed E-state index contributed by atoms with van der Waals surface area (Å²) in [5.74, 6) is 7.85. The van der Waals surface area contributed by atoms with Gasteiger partial charge in [-0.05, 0) is 0 Å². The molecule has 0 saturated carbocycles. The molecule has 0 spiro atoms. The molecule has 0 aliphatic rings. The molecular weight excluding hydrogens is 375 g/mol. The molecule has 1 heterocycles. The van der Waals surface area contributed by atoms with Gasteiger partial charge in [0.1, 0.15) is 0 Å². The topological polar surface area (TPSA) is 12.9 Å². The van der Waals surface area contributed by atoms with Crippen LogP contribution < -0.4 is 4.40 Å². The zero-order valence-corrected chi connectivity index (χ0v) is 18.7. The fourth-order valence-corrected chi connectivity index (χ4v) is 5.44. The van der Waals surface area contributed by atoms with Gasteiger partial charge >= 0.3 is 161 Å². The Labute approximate surface area is 160 Å². The third kappa shape index (κ3) is 4.45. The molecule has 0 radical (unpaired) electrons. The quantitative estimate of drug-likeness (QED) is 0.465. The second-order valence-electron chi connectivity index (χ2n) is 8.52. The van der Waals surface area contributed by atoms with Gasteiger partial charge in [-0.2, -0.15) is 0 Å². The van der Waals surface area contributed by atoms with Crippen LogP contribution >= 0.6 is 0 Å². The summed E-state index contributed by atoms with van der Waals surface area (Å²) >= 11 is -1.81. The van der Waals surface area contributed by atoms with Crippen LogP contribution in [0.3, 0.4) is 0 Å². The van der Waals surface area contributed by atoms with E-state index in [4.69, 9.17) is 4.98 Å². The first-order chi connectivity index (χ1) is 12.3. The Morgan fingerprint density at radius 1 is 0.846 bits per heavy atom. The molecule has 0 saturated heterocycles. The van der Waals surface area contributed by atoms with Gasteiger partial charge in [0.05, 0.1) is 0 Å². The fourth-order valence-electron chi connectivity index (χ4n) is 3.27. The summed E-state index contributed by atoms with van der Waals surface area (Å²) < 4.78 is 1.46. The van der Waals surface area contributed by atoms with Crippen molar-refractivity contribution in [2.75, 3.05) is 0 Å². The van der Waals surface area contributed by atoms with Crippen molar-refractivity contribution in [2.24, 2.45) is 5.92 Å². The molecule has 2 heteroatoms. The van der Waals surface area contributed by atoms with Crippen LogP contribution in [0.5, 0.6) is 0 Å². The molecular formula is C24H29GeN. The number of benzene rings is 2. The molecule has 0 aliphatic heterocycles. The van der Waals surface area contributed by atoms with Crippen molar-refractivity contribution >= 4 is 17.7 Å². The van der Waals surface area contributed by atoms with Gasteiger partial charge in [-0.25, -0.2) is 0 Å². The van der Waals surface area contributed by atoms with Gasteiger partial charge in [-0.3, -0.25) is 0 Å². The zero-order valence-electron chi connectivity index (χ0n) is 16.6. The van der Waals surface area contributed by atoms with Crippen molar-refractivity contribution in [2.45, 2.75) is 37.5 Å². The summed E-state index contributed by atoms with van der Waals surface area (Å²) in [5.41, 5.74) is 6.32. The van der Waals surface area contributed by atoms with Gasteiger partial charge in [-0.1, -0.05) is 0 Å². The van der Waals surface area contributed by atoms with Crippen molar-refractivity contribution in [3.8, 4) is 22.4 Å². The van der Waals surface area contributed by atoms with E-state index in [-0.39, 0.29) is 0 Å². The molecule has 0 aliphatic carbocycles. The van der Waals surface area contributed by atoms with Gasteiger partial charge in [0.25, 0.3) is 0 Å². The van der Waals surface area contributed by atoms with E-state index in [1.54, 1.807) is 0 Å². The van der Waals surface area contributed by atoms with E-state index >= 15 is 0 Å². The van der Waals surface area contributed by atoms with Crippen molar-refractivity contribution in [3.63, 3.8) is 0 Å². The third-order valence-corrected chi connectivity index (χ3v) is 9.00. The molecule has 26 heavy (non-hydrogen) atoms. The molecule has 0 amide bonds. The van der Waals surface area contributed by atoms with Gasteiger partial charge in [-0.15, -0.1) is 0 Å². The molecule has 1 aromatic heterocycles. The predicted octanol–water partition coefficient (Wildman–Crippen LogP) is 6.16. The maximum absolute atomic E-state index is 4.78. The van der Waals surface area contributed by atoms with Crippen LogP contribution in [0.15, 0.2) is 66.9 Å². The van der Waals surface area contributed by atoms with Crippen LogP contribution in [-0.2, 0) is 6.42 Å². The summed E-state index contributed by atoms with van der Waals surface area (Å²) in [5, 5.41) is 0. The molecule has 0 fully saturated rings. The van der Waals surface area contributed by atoms with Crippen molar-refractivity contribution in [1.82, 2.24) is 4.98 Å². The second kappa shape index (κ2) is 7.79. The van der Waals surface area contributed by atoms with E-state index in [1.165, 1.54) is 26.6 Å². The molecule has 2 aromatic carbocycles. The van der Waals surface area contributed by atoms with E-state index in [0.717, 1.165) is 12.1 Å². The maximum atomic E-state index is 4.78. The number of nitrogens with zero attached hydrogens (tertiary/aromatic N) is 1. The Morgan fingerprint density at radius 2 is 1.58 bits per heavy atom. The van der Waals surface area contributed by atoms with Crippen LogP contribution in [0.1, 0.15) is 19.4 Å². The first-order valence-corrected chi connectivity index (χ1v) is 16.8. The van der Waals surface area contributed by atoms with Crippen LogP contribution in [0, 0.1) is 5.92 Å². The number of rotatable bonds is 5. The molecule has 3 rings (SSSR count). The number of aromatic nitrogens is 1. The monoisotopic (exact) mass is 405 g/mol. The SMILES string of the molecule is CC(C)Cc1cc(-c2cc[c]([Ge]([CH3])([CH3])[CH3])cn2)ccc1-c1ccccc1. The normalized spacial score (nSPS) is 11.8. The van der Waals surface area contributed by atoms with Crippen LogP contribution in [0.2, 0.25) is 17.3 Å². The van der Waals surface area contributed by atoms with Crippen molar-refractivity contribution < 1.29 is 0 Å². The molecule has 3 aromatic rings. The fraction of sp³-hybridized carbons (Fsp3) is 0.292. The first-order valence-electron chi connectivity index (χ1n) is 9.50. The summed E-state index contributed by atoms with van der Waals surface area (Å²) in [6.07, 6.45) is 3.18. The van der Waals surface area contributed by atoms with Gasteiger partial charge < -0.3 is 0 Å². The van der Waals surface area contributed by atoms with Crippen LogP contribution in [0.4, 0.5) is 0 Å². The second-order valence-corrected chi connectivity index (χ2v) is 19.2. The van der Waals surface area contributed by atoms with Gasteiger partial charge in [0, 0.05) is 0 Å². The van der Waals surface area contributed by atoms with Crippen LogP contribution in [0.25, 0.3) is 22.4 Å². The third-order valence-electron chi connectivity index (χ3n) is 4.74. The van der Waals surface area contributed by atoms with E-state index in [0.29, 0.717) is 5.92 Å². The minimum atomic E-state index is -1.81. The molecule has 1 nitrogen and oxygen atoms in total. The average molecular weight is 404 g/mol. The predicted molar refractivity (Wildman–Crippen MR) is 117 cm³/mol. The van der Waals surface area contributed by atoms with Gasteiger partial charge in [0.2, 0.25) is 0 Å². The Hall–Kier alpha value is -1.87. The standard InChI is InChI=1S/C24H29GeN/c1-18(2)15-21-16-20(11-13-23(21)19-9-7-6-8-10-19)24-14-12-22(17-26-24)25(3,4)5/h6-14,16-18H,15H2,1-5H3. The van der Waals surface area contributed by atoms with Crippen molar-refractivity contribution in [3.05, 3.63) is 72.4 Å². The zero-order chi connectivity index (χ0) is 18.7. The molecule has 0 bridgehead atoms. The number of hydrogen-bond acceptors (Lipinski definition) is 1. The van der Waals surface area contributed by atoms with Gasteiger partial charge in [0.15, 0.2) is 0 Å². The molecule has 134 valence electrons. The summed E-state index contributed by atoms with van der Waals surface area (Å²) in [6.45, 7) is 4.56. The first kappa shape index (κ1) is 18.9. The Balaban J connectivity index is 2.01. The number of hydrogen-bond donors (Lipinski definition) is 0. The summed E-state index contributed by atoms with van der Waals surface area (Å²) in [6, 6.07) is 22.0. The Kier molecular flexibility index (Phi) is 5.67. The van der Waals surface area contributed by atoms with E-state index in [2.05, 4.69) is 98.0 Å². The molecule has 0 unspecified atom stereocenters. The average Bonchev–Trinajstić information content (AvgIpc) is 2.61. The molecule has 0 N–H and O–H groups in total.